The lowest BCUT2D eigenvalue weighted by molar-refractivity contribution is 0.119. The van der Waals surface area contributed by atoms with Gasteiger partial charge in [0, 0.05) is 13.0 Å². The predicted molar refractivity (Wildman–Crippen MR) is 96.8 cm³/mol. The van der Waals surface area contributed by atoms with Crippen molar-refractivity contribution in [1.82, 2.24) is 5.32 Å². The maximum atomic E-state index is 10.9. The fourth-order valence-electron chi connectivity index (χ4n) is 2.77. The van der Waals surface area contributed by atoms with E-state index in [2.05, 4.69) is 5.32 Å². The Kier molecular flexibility index (Phi) is 4.98. The summed E-state index contributed by atoms with van der Waals surface area (Å²) < 4.78 is 29.2. The summed E-state index contributed by atoms with van der Waals surface area (Å²) in [5, 5.41) is 12.9. The minimum absolute atomic E-state index is 0.112. The first-order valence-electron chi connectivity index (χ1n) is 7.74. The minimum atomic E-state index is -3.32. The van der Waals surface area contributed by atoms with Crippen LogP contribution in [0.15, 0.2) is 54.6 Å². The molecule has 2 aromatic rings. The minimum Gasteiger partial charge on any atom is -0.466 e. The van der Waals surface area contributed by atoms with Gasteiger partial charge in [0.1, 0.15) is 11.4 Å². The van der Waals surface area contributed by atoms with E-state index in [4.69, 9.17) is 4.74 Å². The normalized spacial score (nSPS) is 21.5. The van der Waals surface area contributed by atoms with Crippen LogP contribution in [0.4, 0.5) is 11.4 Å². The number of hydrogen-bond donors (Lipinski definition) is 4. The summed E-state index contributed by atoms with van der Waals surface area (Å²) in [5.74, 6) is 0.564. The molecular formula is C17H22N2O4S. The molecular weight excluding hydrogens is 328 g/mol. The number of anilines is 2. The average Bonchev–Trinajstić information content (AvgIpc) is 2.56. The molecule has 0 saturated carbocycles. The summed E-state index contributed by atoms with van der Waals surface area (Å²) >= 11 is 0. The van der Waals surface area contributed by atoms with Crippen LogP contribution in [-0.2, 0) is 0 Å². The van der Waals surface area contributed by atoms with Crippen molar-refractivity contribution in [2.24, 2.45) is 0 Å². The van der Waals surface area contributed by atoms with Crippen LogP contribution in [0.2, 0.25) is 0 Å². The van der Waals surface area contributed by atoms with E-state index in [1.165, 1.54) is 4.31 Å². The first-order chi connectivity index (χ1) is 11.5. The molecule has 7 heteroatoms. The number of nitrogens with zero attached hydrogens (tertiary/aromatic N) is 1. The monoisotopic (exact) mass is 350 g/mol. The number of likely N-dealkylation sites (N-methyl/N-ethyl adjacent to an activating group) is 1. The van der Waals surface area contributed by atoms with Crippen LogP contribution in [0.1, 0.15) is 6.42 Å². The van der Waals surface area contributed by atoms with Gasteiger partial charge in [-0.15, -0.1) is 0 Å². The van der Waals surface area contributed by atoms with Crippen LogP contribution in [0.25, 0.3) is 0 Å². The van der Waals surface area contributed by atoms with Gasteiger partial charge in [0.05, 0.1) is 11.8 Å². The summed E-state index contributed by atoms with van der Waals surface area (Å²) in [7, 11) is -1.59. The molecule has 6 nitrogen and oxygen atoms in total. The van der Waals surface area contributed by atoms with Crippen molar-refractivity contribution >= 4 is 22.2 Å². The zero-order chi connectivity index (χ0) is 17.2. The Morgan fingerprint density at radius 1 is 1.12 bits per heavy atom. The number of aliphatic hydroxyl groups is 1. The fourth-order valence-corrected chi connectivity index (χ4v) is 4.59. The topological polar surface area (TPSA) is 85.2 Å². The van der Waals surface area contributed by atoms with Crippen LogP contribution in [-0.4, -0.2) is 39.3 Å². The number of para-hydroxylation sites is 3. The molecule has 0 aliphatic carbocycles. The SMILES string of the molecule is CNC[C@@H](O)C[C@@H]1Oc2ccccc2N(c2ccccc2)S1(O)O. The lowest BCUT2D eigenvalue weighted by Crippen LogP contribution is -2.42. The number of ether oxygens (including phenoxy) is 1. The Bertz CT molecular complexity index is 683. The summed E-state index contributed by atoms with van der Waals surface area (Å²) in [4.78, 5) is 0. The molecule has 0 saturated heterocycles. The van der Waals surface area contributed by atoms with E-state index in [0.29, 0.717) is 23.7 Å². The molecule has 0 spiro atoms. The van der Waals surface area contributed by atoms with E-state index in [9.17, 15) is 14.2 Å². The van der Waals surface area contributed by atoms with Crippen molar-refractivity contribution < 1.29 is 18.9 Å². The molecule has 1 aliphatic heterocycles. The second-order valence-electron chi connectivity index (χ2n) is 5.65. The standard InChI is InChI=1S/C17H22N2O4S/c1-18-12-14(20)11-17-23-16-10-6-5-9-15(16)19(24(17,21)22)13-7-3-2-4-8-13/h2-10,14,17-18,20-22H,11-12H2,1H3/t14-,17+/m0/s1. The number of fused-ring (bicyclic) bond motifs is 1. The fraction of sp³-hybridized carbons (Fsp3) is 0.294. The van der Waals surface area contributed by atoms with Crippen LogP contribution in [0.5, 0.6) is 5.75 Å². The molecule has 0 bridgehead atoms. The van der Waals surface area contributed by atoms with Crippen molar-refractivity contribution in [1.29, 1.82) is 0 Å². The van der Waals surface area contributed by atoms with E-state index in [-0.39, 0.29) is 6.42 Å². The average molecular weight is 350 g/mol. The summed E-state index contributed by atoms with van der Waals surface area (Å²) in [5.41, 5.74) is 0.348. The molecule has 1 aliphatic rings. The third-order valence-electron chi connectivity index (χ3n) is 3.86. The third kappa shape index (κ3) is 3.22. The second kappa shape index (κ2) is 7.00. The highest BCUT2D eigenvalue weighted by molar-refractivity contribution is 8.26. The van der Waals surface area contributed by atoms with Gasteiger partial charge < -0.3 is 15.2 Å². The molecule has 3 rings (SSSR count). The van der Waals surface area contributed by atoms with Crippen LogP contribution in [0.3, 0.4) is 0 Å². The molecule has 0 amide bonds. The zero-order valence-corrected chi connectivity index (χ0v) is 14.2. The zero-order valence-electron chi connectivity index (χ0n) is 13.4. The summed E-state index contributed by atoms with van der Waals surface area (Å²) in [6, 6.07) is 16.4. The van der Waals surface area contributed by atoms with Gasteiger partial charge in [-0.2, -0.15) is 0 Å². The number of aliphatic hydroxyl groups excluding tert-OH is 1. The van der Waals surface area contributed by atoms with E-state index in [1.807, 2.05) is 42.5 Å². The van der Waals surface area contributed by atoms with E-state index in [1.54, 1.807) is 19.2 Å². The molecule has 2 aromatic carbocycles. The van der Waals surface area contributed by atoms with Crippen molar-refractivity contribution in [3.8, 4) is 5.75 Å². The lowest BCUT2D eigenvalue weighted by Gasteiger charge is -2.52. The van der Waals surface area contributed by atoms with Crippen molar-refractivity contribution in [3.05, 3.63) is 54.6 Å². The molecule has 0 fully saturated rings. The van der Waals surface area contributed by atoms with Crippen molar-refractivity contribution in [2.75, 3.05) is 17.9 Å². The Morgan fingerprint density at radius 2 is 1.79 bits per heavy atom. The van der Waals surface area contributed by atoms with E-state index >= 15 is 0 Å². The van der Waals surface area contributed by atoms with Gasteiger partial charge >= 0.3 is 0 Å². The molecule has 4 N–H and O–H groups in total. The number of hydrogen-bond acceptors (Lipinski definition) is 6. The molecule has 0 unspecified atom stereocenters. The number of benzene rings is 2. The van der Waals surface area contributed by atoms with E-state index < -0.39 is 22.3 Å². The predicted octanol–water partition coefficient (Wildman–Crippen LogP) is 3.18. The van der Waals surface area contributed by atoms with Gasteiger partial charge in [-0.1, -0.05) is 41.1 Å². The van der Waals surface area contributed by atoms with Crippen molar-refractivity contribution in [3.63, 3.8) is 0 Å². The van der Waals surface area contributed by atoms with Crippen LogP contribution in [0, 0.1) is 0 Å². The van der Waals surface area contributed by atoms with Gasteiger partial charge in [0.25, 0.3) is 0 Å². The Morgan fingerprint density at radius 3 is 2.50 bits per heavy atom. The highest BCUT2D eigenvalue weighted by Gasteiger charge is 2.42. The Balaban J connectivity index is 2.02. The van der Waals surface area contributed by atoms with Crippen molar-refractivity contribution in [2.45, 2.75) is 18.0 Å². The highest BCUT2D eigenvalue weighted by atomic mass is 32.3. The van der Waals surface area contributed by atoms with Crippen LogP contribution >= 0.6 is 10.8 Å². The molecule has 24 heavy (non-hydrogen) atoms. The molecule has 2 atom stereocenters. The third-order valence-corrected chi connectivity index (χ3v) is 5.80. The molecule has 1 heterocycles. The van der Waals surface area contributed by atoms with Gasteiger partial charge in [-0.25, -0.2) is 4.31 Å². The maximum absolute atomic E-state index is 10.9. The van der Waals surface area contributed by atoms with Gasteiger partial charge in [-0.05, 0) is 31.3 Å². The first-order valence-corrected chi connectivity index (χ1v) is 9.31. The smallest absolute Gasteiger partial charge is 0.209 e. The Hall–Kier alpha value is -1.77. The Labute approximate surface area is 143 Å². The molecule has 0 aromatic heterocycles. The van der Waals surface area contributed by atoms with Crippen LogP contribution < -0.4 is 14.4 Å². The molecule has 0 radical (unpaired) electrons. The van der Waals surface area contributed by atoms with Gasteiger partial charge in [-0.3, -0.25) is 9.11 Å². The summed E-state index contributed by atoms with van der Waals surface area (Å²) in [6.07, 6.45) is -0.630. The van der Waals surface area contributed by atoms with Gasteiger partial charge in [0.2, 0.25) is 5.44 Å². The highest BCUT2D eigenvalue weighted by Crippen LogP contribution is 2.61. The number of nitrogens with one attached hydrogen (secondary N) is 1. The second-order valence-corrected chi connectivity index (χ2v) is 7.67. The molecule has 130 valence electrons. The van der Waals surface area contributed by atoms with E-state index in [0.717, 1.165) is 0 Å². The summed E-state index contributed by atoms with van der Waals surface area (Å²) in [6.45, 7) is 0.350. The maximum Gasteiger partial charge on any atom is 0.209 e. The number of rotatable bonds is 5. The van der Waals surface area contributed by atoms with Gasteiger partial charge in [0.15, 0.2) is 0 Å². The largest absolute Gasteiger partial charge is 0.466 e. The lowest BCUT2D eigenvalue weighted by atomic mass is 10.2. The first kappa shape index (κ1) is 17.1. The quantitative estimate of drug-likeness (QED) is 0.663.